The fourth-order valence-electron chi connectivity index (χ4n) is 11.9. The fourth-order valence-corrected chi connectivity index (χ4v) is 13.6. The Morgan fingerprint density at radius 2 is 1.24 bits per heavy atom. The minimum Gasteiger partial charge on any atom is -0.466 e. The van der Waals surface area contributed by atoms with Crippen LogP contribution >= 0.6 is 45.9 Å². The van der Waals surface area contributed by atoms with Gasteiger partial charge in [0.05, 0.1) is 48.0 Å². The van der Waals surface area contributed by atoms with Gasteiger partial charge in [0.1, 0.15) is 23.7 Å². The molecule has 6 aliphatic rings. The number of nitrogens with one attached hydrogen (secondary N) is 2. The summed E-state index contributed by atoms with van der Waals surface area (Å²) in [6.07, 6.45) is 5.28. The first-order chi connectivity index (χ1) is 43.6. The Labute approximate surface area is 535 Å². The van der Waals surface area contributed by atoms with E-state index in [-0.39, 0.29) is 64.3 Å². The van der Waals surface area contributed by atoms with Crippen molar-refractivity contribution in [2.24, 2.45) is 15.7 Å². The molecule has 21 nitrogen and oxygen atoms in total. The molecule has 0 saturated carbocycles. The van der Waals surface area contributed by atoms with Gasteiger partial charge in [0, 0.05) is 140 Å². The van der Waals surface area contributed by atoms with Crippen molar-refractivity contribution in [2.75, 3.05) is 89.0 Å². The molecule has 27 heteroatoms. The number of carbonyl (C=O) groups excluding carboxylic acids is 5. The summed E-state index contributed by atoms with van der Waals surface area (Å²) in [6.45, 7) is 6.94. The second-order valence-corrected chi connectivity index (χ2v) is 24.5. The smallest absolute Gasteiger partial charge is 0.338 e. The number of ether oxygens (including phenoxy) is 2. The lowest BCUT2D eigenvalue weighted by Gasteiger charge is -2.38. The molecule has 0 radical (unpaired) electrons. The van der Waals surface area contributed by atoms with Crippen LogP contribution in [0.5, 0.6) is 0 Å². The van der Waals surface area contributed by atoms with Crippen molar-refractivity contribution < 1.29 is 42.2 Å². The Balaban J connectivity index is 0.000000185. The van der Waals surface area contributed by atoms with E-state index < -0.39 is 35.7 Å². The van der Waals surface area contributed by atoms with E-state index in [1.54, 1.807) is 35.2 Å². The van der Waals surface area contributed by atoms with E-state index in [2.05, 4.69) is 36.5 Å². The number of carbonyl (C=O) groups is 5. The largest absolute Gasteiger partial charge is 0.466 e. The van der Waals surface area contributed by atoms with Gasteiger partial charge in [-0.25, -0.2) is 37.9 Å². The van der Waals surface area contributed by atoms with Gasteiger partial charge in [-0.15, -0.1) is 22.7 Å². The molecule has 4 atom stereocenters. The van der Waals surface area contributed by atoms with Crippen LogP contribution in [-0.2, 0) is 36.7 Å². The first-order valence-corrected chi connectivity index (χ1v) is 31.6. The van der Waals surface area contributed by atoms with Gasteiger partial charge < -0.3 is 35.6 Å². The highest BCUT2D eigenvalue weighted by atomic mass is 35.5. The highest BCUT2D eigenvalue weighted by Gasteiger charge is 2.45. The van der Waals surface area contributed by atoms with Gasteiger partial charge in [0.15, 0.2) is 21.7 Å². The first kappa shape index (κ1) is 62.9. The van der Waals surface area contributed by atoms with Gasteiger partial charge in [-0.05, 0) is 73.4 Å². The van der Waals surface area contributed by atoms with E-state index in [1.807, 2.05) is 69.1 Å². The summed E-state index contributed by atoms with van der Waals surface area (Å²) in [5, 5.41) is 20.5. The molecule has 2 aromatic heterocycles. The Morgan fingerprint density at radius 1 is 0.711 bits per heavy atom. The van der Waals surface area contributed by atoms with Gasteiger partial charge >= 0.3 is 24.0 Å². The molecule has 0 aliphatic carbocycles. The fraction of sp³-hybridized carbons (Fsp3) is 0.333. The van der Waals surface area contributed by atoms with Crippen LogP contribution in [0.1, 0.15) is 64.1 Å². The summed E-state index contributed by atoms with van der Waals surface area (Å²) in [6, 6.07) is 24.1. The van der Waals surface area contributed by atoms with Gasteiger partial charge in [0.25, 0.3) is 0 Å². The molecule has 5 amide bonds. The predicted molar refractivity (Wildman–Crippen MR) is 338 cm³/mol. The Morgan fingerprint density at radius 3 is 1.73 bits per heavy atom. The molecule has 12 rings (SSSR count). The highest BCUT2D eigenvalue weighted by molar-refractivity contribution is 7.12. The monoisotopic (exact) mass is 1300 g/mol. The van der Waals surface area contributed by atoms with Gasteiger partial charge in [0.2, 0.25) is 5.91 Å². The number of methoxy groups -OCH3 is 1. The number of benzene rings is 4. The van der Waals surface area contributed by atoms with Gasteiger partial charge in [-0.3, -0.25) is 34.4 Å². The van der Waals surface area contributed by atoms with Crippen LogP contribution in [0.15, 0.2) is 141 Å². The van der Waals surface area contributed by atoms with E-state index in [0.29, 0.717) is 129 Å². The maximum atomic E-state index is 14.6. The number of halogens is 4. The maximum absolute atomic E-state index is 14.6. The topological polar surface area (TPSA) is 248 Å². The lowest BCUT2D eigenvalue weighted by molar-refractivity contribution is -0.139. The lowest BCUT2D eigenvalue weighted by atomic mass is 9.95. The number of aliphatic imine (C=N–C) groups is 2. The molecular formula is C63H62Cl2F2N14O7S2. The number of amides is 5. The first-order valence-electron chi connectivity index (χ1n) is 29.1. The van der Waals surface area contributed by atoms with Crippen LogP contribution in [0.4, 0.5) is 29.7 Å². The predicted octanol–water partition coefficient (Wildman–Crippen LogP) is 8.42. The normalized spacial score (nSPS) is 20.1. The molecule has 0 bridgehead atoms. The third kappa shape index (κ3) is 13.7. The summed E-state index contributed by atoms with van der Waals surface area (Å²) in [5.74, 6) is -1.67. The molecule has 6 aromatic rings. The second kappa shape index (κ2) is 28.0. The third-order valence-corrected chi connectivity index (χ3v) is 18.6. The molecule has 4 aromatic carbocycles. The number of primary amides is 1. The van der Waals surface area contributed by atoms with Crippen LogP contribution in [0, 0.1) is 23.0 Å². The second-order valence-electron chi connectivity index (χ2n) is 21.9. The zero-order valence-corrected chi connectivity index (χ0v) is 52.1. The van der Waals surface area contributed by atoms with Crippen molar-refractivity contribution in [3.63, 3.8) is 0 Å². The SMILES string of the molecule is CCOC(=O)C1=C(CN2CCN3C(=O)N(c4ccc(CCC(N)=O)cc4)C[C@@H]3C2)NC(c2nccs2)=N[C@H]1c1cccc(F)c1Cl.COC(=O)C1=C(CN2CCN3C(=O)N(c4ccc(CCC#N)cc4)C[C@@H]3C2)NC(c2nccs2)=N[C@H]1c1ccc(F)cc1Cl. The Kier molecular flexibility index (Phi) is 19.6. The summed E-state index contributed by atoms with van der Waals surface area (Å²) < 4.78 is 39.3. The number of fused-ring (bicyclic) bond motifs is 2. The van der Waals surface area contributed by atoms with Crippen LogP contribution < -0.4 is 26.2 Å². The minimum atomic E-state index is -0.923. The third-order valence-electron chi connectivity index (χ3n) is 16.3. The van der Waals surface area contributed by atoms with Crippen LogP contribution in [0.2, 0.25) is 10.0 Å². The van der Waals surface area contributed by atoms with E-state index in [0.717, 1.165) is 22.5 Å². The summed E-state index contributed by atoms with van der Waals surface area (Å²) in [4.78, 5) is 94.8. The number of rotatable bonds is 18. The number of amidine groups is 2. The van der Waals surface area contributed by atoms with Crippen molar-refractivity contribution >= 4 is 98.8 Å². The number of anilines is 2. The average molecular weight is 1300 g/mol. The Bertz CT molecular complexity index is 3870. The summed E-state index contributed by atoms with van der Waals surface area (Å²) in [7, 11) is 1.31. The van der Waals surface area contributed by atoms with Gasteiger partial charge in [-0.2, -0.15) is 5.26 Å². The van der Waals surface area contributed by atoms with Crippen molar-refractivity contribution in [1.82, 2.24) is 40.2 Å². The van der Waals surface area contributed by atoms with Crippen molar-refractivity contribution in [1.29, 1.82) is 5.26 Å². The number of aryl methyl sites for hydroxylation is 2. The van der Waals surface area contributed by atoms with E-state index in [9.17, 15) is 32.8 Å². The molecule has 466 valence electrons. The van der Waals surface area contributed by atoms with E-state index in [1.165, 1.54) is 60.1 Å². The molecule has 4 saturated heterocycles. The summed E-state index contributed by atoms with van der Waals surface area (Å²) in [5.41, 5.74) is 11.4. The number of hydrogen-bond donors (Lipinski definition) is 3. The molecular weight excluding hydrogens is 1240 g/mol. The molecule has 4 fully saturated rings. The number of nitrogens with two attached hydrogens (primary N) is 1. The highest BCUT2D eigenvalue weighted by Crippen LogP contribution is 2.40. The lowest BCUT2D eigenvalue weighted by Crippen LogP contribution is -2.53. The quantitative estimate of drug-likeness (QED) is 0.0684. The summed E-state index contributed by atoms with van der Waals surface area (Å²) >= 11 is 15.7. The number of nitrogens with zero attached hydrogens (tertiary/aromatic N) is 11. The van der Waals surface area contributed by atoms with Crippen molar-refractivity contribution in [3.05, 3.63) is 185 Å². The molecule has 0 unspecified atom stereocenters. The number of aromatic nitrogens is 2. The number of piperazine rings is 2. The number of thiazole rings is 2. The molecule has 0 spiro atoms. The van der Waals surface area contributed by atoms with Crippen molar-refractivity contribution in [2.45, 2.75) is 56.8 Å². The molecule has 6 aliphatic heterocycles. The number of urea groups is 2. The van der Waals surface area contributed by atoms with E-state index >= 15 is 0 Å². The van der Waals surface area contributed by atoms with E-state index in [4.69, 9.17) is 53.7 Å². The molecule has 8 heterocycles. The zero-order valence-electron chi connectivity index (χ0n) is 49.0. The minimum absolute atomic E-state index is 0.0334. The molecule has 90 heavy (non-hydrogen) atoms. The number of hydrogen-bond acceptors (Lipinski definition) is 18. The average Bonchev–Trinajstić information content (AvgIpc) is 1.06. The number of nitriles is 1. The van der Waals surface area contributed by atoms with Crippen LogP contribution in [0.3, 0.4) is 0 Å². The maximum Gasteiger partial charge on any atom is 0.338 e. The van der Waals surface area contributed by atoms with Crippen LogP contribution in [-0.4, -0.2) is 162 Å². The molecule has 4 N–H and O–H groups in total. The van der Waals surface area contributed by atoms with Gasteiger partial charge in [-0.1, -0.05) is 65.7 Å². The van der Waals surface area contributed by atoms with Crippen molar-refractivity contribution in [3.8, 4) is 6.07 Å². The Hall–Kier alpha value is -8.64. The standard InChI is InChI=1S/C32H33ClFN7O4S.C31H29ClFN7O3S/c1-2-45-31(43)26-24(37-29(30-36-12-15-46-30)38-28(26)22-4-3-5-23(34)27(22)33)18-39-13-14-40-21(16-39)17-41(32(40)44)20-9-6-19(7-10-20)8-11-25(35)42;1-43-30(41)26-25(36-28(29-35-11-14-44-29)37-27(26)23-9-6-20(33)15-24(23)32)18-38-12-13-39-22(16-38)17-40(31(39)42)21-7-4-19(5-8-21)3-2-10-34/h3-7,9-10,12,15,21,28H,2,8,11,13-14,16-18H2,1H3,(H2,35,42)(H,37,38);4-9,11,14-15,22,27H,2-3,12-13,16-18H2,1H3,(H,36,37)/t21-,28-;22-,27-/m00/s1. The zero-order chi connectivity index (χ0) is 63.2. The number of esters is 2. The van der Waals surface area contributed by atoms with Crippen LogP contribution in [0.25, 0.3) is 0 Å².